The molecule has 0 saturated carbocycles. The van der Waals surface area contributed by atoms with E-state index in [0.717, 1.165) is 13.0 Å². The van der Waals surface area contributed by atoms with E-state index in [2.05, 4.69) is 26.1 Å². The van der Waals surface area contributed by atoms with Crippen molar-refractivity contribution in [2.24, 2.45) is 5.92 Å². The third kappa shape index (κ3) is 6.13. The van der Waals surface area contributed by atoms with E-state index < -0.39 is 5.60 Å². The summed E-state index contributed by atoms with van der Waals surface area (Å²) >= 11 is 0. The van der Waals surface area contributed by atoms with Crippen molar-refractivity contribution in [3.63, 3.8) is 0 Å². The molecule has 0 bridgehead atoms. The van der Waals surface area contributed by atoms with Gasteiger partial charge in [0.05, 0.1) is 12.2 Å². The number of nitrogens with one attached hydrogen (secondary N) is 1. The summed E-state index contributed by atoms with van der Waals surface area (Å²) in [6, 6.07) is 0.292. The molecule has 0 aromatic rings. The van der Waals surface area contributed by atoms with Crippen LogP contribution >= 0.6 is 0 Å². The second-order valence-corrected chi connectivity index (χ2v) is 4.61. The molecular weight excluding hydrogens is 190 g/mol. The fourth-order valence-electron chi connectivity index (χ4n) is 1.35. The third-order valence-corrected chi connectivity index (χ3v) is 3.05. The van der Waals surface area contributed by atoms with Crippen LogP contribution in [0.15, 0.2) is 0 Å². The lowest BCUT2D eigenvalue weighted by molar-refractivity contribution is 0.000716. The van der Waals surface area contributed by atoms with Crippen LogP contribution in [0.4, 0.5) is 0 Å². The van der Waals surface area contributed by atoms with Gasteiger partial charge in [-0.05, 0) is 26.7 Å². The summed E-state index contributed by atoms with van der Waals surface area (Å²) in [5.41, 5.74) is -0.630. The van der Waals surface area contributed by atoms with Crippen LogP contribution in [-0.2, 0) is 4.74 Å². The van der Waals surface area contributed by atoms with E-state index in [4.69, 9.17) is 4.74 Å². The minimum absolute atomic E-state index is 0.292. The maximum Gasteiger partial charge on any atom is 0.0768 e. The van der Waals surface area contributed by atoms with Crippen LogP contribution < -0.4 is 5.32 Å². The molecule has 3 nitrogen and oxygen atoms in total. The average Bonchev–Trinajstić information content (AvgIpc) is 2.22. The van der Waals surface area contributed by atoms with E-state index in [1.807, 2.05) is 13.8 Å². The van der Waals surface area contributed by atoms with Crippen LogP contribution in [-0.4, -0.2) is 36.5 Å². The molecule has 0 aliphatic carbocycles. The van der Waals surface area contributed by atoms with Crippen molar-refractivity contribution < 1.29 is 9.84 Å². The lowest BCUT2D eigenvalue weighted by Crippen LogP contribution is -2.46. The van der Waals surface area contributed by atoms with Gasteiger partial charge in [0.15, 0.2) is 0 Å². The summed E-state index contributed by atoms with van der Waals surface area (Å²) in [4.78, 5) is 0. The second kappa shape index (κ2) is 7.20. The zero-order valence-corrected chi connectivity index (χ0v) is 10.8. The Labute approximate surface area is 94.2 Å². The molecule has 0 saturated heterocycles. The first kappa shape index (κ1) is 14.9. The molecule has 0 spiro atoms. The third-order valence-electron chi connectivity index (χ3n) is 3.05. The molecule has 0 aliphatic heterocycles. The number of hydrogen-bond donors (Lipinski definition) is 2. The largest absolute Gasteiger partial charge is 0.389 e. The molecule has 0 aliphatic rings. The Hall–Kier alpha value is -0.120. The summed E-state index contributed by atoms with van der Waals surface area (Å²) in [6.07, 6.45) is 0.995. The molecule has 92 valence electrons. The number of ether oxygens (including phenoxy) is 1. The van der Waals surface area contributed by atoms with Crippen LogP contribution in [0, 0.1) is 5.92 Å². The number of rotatable bonds is 8. The van der Waals surface area contributed by atoms with Gasteiger partial charge in [-0.25, -0.2) is 0 Å². The van der Waals surface area contributed by atoms with E-state index in [9.17, 15) is 5.11 Å². The van der Waals surface area contributed by atoms with Crippen molar-refractivity contribution in [2.75, 3.05) is 19.8 Å². The second-order valence-electron chi connectivity index (χ2n) is 4.61. The maximum atomic E-state index is 10.2. The van der Waals surface area contributed by atoms with Crippen LogP contribution in [0.25, 0.3) is 0 Å². The normalized spacial score (nSPS) is 19.6. The summed E-state index contributed by atoms with van der Waals surface area (Å²) in [7, 11) is 0. The summed E-state index contributed by atoms with van der Waals surface area (Å²) in [6.45, 7) is 12.2. The molecule has 15 heavy (non-hydrogen) atoms. The number of aliphatic hydroxyl groups is 1. The van der Waals surface area contributed by atoms with E-state index in [1.54, 1.807) is 0 Å². The van der Waals surface area contributed by atoms with Crippen LogP contribution in [0.1, 0.15) is 41.0 Å². The Morgan fingerprint density at radius 1 is 1.33 bits per heavy atom. The van der Waals surface area contributed by atoms with Crippen LogP contribution in [0.3, 0.4) is 0 Å². The number of hydrogen-bond acceptors (Lipinski definition) is 3. The Balaban J connectivity index is 3.81. The van der Waals surface area contributed by atoms with Crippen molar-refractivity contribution in [1.82, 2.24) is 5.32 Å². The van der Waals surface area contributed by atoms with Crippen LogP contribution in [0.5, 0.6) is 0 Å². The van der Waals surface area contributed by atoms with Crippen molar-refractivity contribution in [3.8, 4) is 0 Å². The average molecular weight is 217 g/mol. The molecule has 0 aromatic heterocycles. The Morgan fingerprint density at radius 2 is 1.93 bits per heavy atom. The van der Waals surface area contributed by atoms with Crippen molar-refractivity contribution in [2.45, 2.75) is 52.7 Å². The molecular formula is C12H27NO2. The van der Waals surface area contributed by atoms with Gasteiger partial charge in [0.25, 0.3) is 0 Å². The molecule has 0 heterocycles. The topological polar surface area (TPSA) is 41.5 Å². The van der Waals surface area contributed by atoms with Gasteiger partial charge in [0.1, 0.15) is 0 Å². The van der Waals surface area contributed by atoms with Gasteiger partial charge in [-0.2, -0.15) is 0 Å². The molecule has 0 aromatic carbocycles. The minimum atomic E-state index is -0.630. The molecule has 0 amide bonds. The Kier molecular flexibility index (Phi) is 7.14. The predicted molar refractivity (Wildman–Crippen MR) is 64.0 cm³/mol. The van der Waals surface area contributed by atoms with Crippen LogP contribution in [0.2, 0.25) is 0 Å². The van der Waals surface area contributed by atoms with E-state index >= 15 is 0 Å². The van der Waals surface area contributed by atoms with Crippen molar-refractivity contribution >= 4 is 0 Å². The smallest absolute Gasteiger partial charge is 0.0768 e. The summed E-state index contributed by atoms with van der Waals surface area (Å²) in [5.74, 6) is 0.310. The van der Waals surface area contributed by atoms with Gasteiger partial charge in [-0.15, -0.1) is 0 Å². The highest BCUT2D eigenvalue weighted by Gasteiger charge is 2.26. The van der Waals surface area contributed by atoms with E-state index in [-0.39, 0.29) is 0 Å². The molecule has 0 radical (unpaired) electrons. The highest BCUT2D eigenvalue weighted by Crippen LogP contribution is 2.18. The van der Waals surface area contributed by atoms with Crippen molar-refractivity contribution in [3.05, 3.63) is 0 Å². The van der Waals surface area contributed by atoms with E-state index in [1.165, 1.54) is 0 Å². The first-order valence-corrected chi connectivity index (χ1v) is 5.97. The van der Waals surface area contributed by atoms with Gasteiger partial charge >= 0.3 is 0 Å². The summed E-state index contributed by atoms with van der Waals surface area (Å²) in [5, 5.41) is 13.5. The molecule has 0 rings (SSSR count). The zero-order valence-electron chi connectivity index (χ0n) is 10.8. The fraction of sp³-hybridized carbons (Fsp3) is 1.00. The van der Waals surface area contributed by atoms with Gasteiger partial charge in [-0.1, -0.05) is 20.3 Å². The van der Waals surface area contributed by atoms with Crippen molar-refractivity contribution in [1.29, 1.82) is 0 Å². The Morgan fingerprint density at radius 3 is 2.40 bits per heavy atom. The molecule has 2 N–H and O–H groups in total. The maximum absolute atomic E-state index is 10.2. The first-order chi connectivity index (χ1) is 6.94. The first-order valence-electron chi connectivity index (χ1n) is 5.97. The van der Waals surface area contributed by atoms with Gasteiger partial charge in [0.2, 0.25) is 0 Å². The van der Waals surface area contributed by atoms with Gasteiger partial charge < -0.3 is 15.2 Å². The highest BCUT2D eigenvalue weighted by atomic mass is 16.5. The van der Waals surface area contributed by atoms with Gasteiger partial charge in [-0.3, -0.25) is 0 Å². The standard InChI is InChI=1S/C12H27NO2/c1-6-10(3)12(5,14)9-13-11(4)8-15-7-2/h10-11,13-14H,6-9H2,1-5H3. The lowest BCUT2D eigenvalue weighted by Gasteiger charge is -2.31. The lowest BCUT2D eigenvalue weighted by atomic mass is 9.88. The zero-order chi connectivity index (χ0) is 11.9. The monoisotopic (exact) mass is 217 g/mol. The van der Waals surface area contributed by atoms with Gasteiger partial charge in [0, 0.05) is 19.2 Å². The SMILES string of the molecule is CCOCC(C)NCC(C)(O)C(C)CC. The van der Waals surface area contributed by atoms with E-state index in [0.29, 0.717) is 25.1 Å². The fourth-order valence-corrected chi connectivity index (χ4v) is 1.35. The highest BCUT2D eigenvalue weighted by molar-refractivity contribution is 4.81. The molecule has 3 atom stereocenters. The quantitative estimate of drug-likeness (QED) is 0.651. The Bertz CT molecular complexity index is 160. The predicted octanol–water partition coefficient (Wildman–Crippen LogP) is 1.80. The molecule has 3 heteroatoms. The molecule has 0 fully saturated rings. The summed E-state index contributed by atoms with van der Waals surface area (Å²) < 4.78 is 5.30. The molecule has 3 unspecified atom stereocenters. The minimum Gasteiger partial charge on any atom is -0.389 e.